The van der Waals surface area contributed by atoms with E-state index in [0.29, 0.717) is 15.8 Å². The van der Waals surface area contributed by atoms with E-state index in [1.165, 1.54) is 5.06 Å². The van der Waals surface area contributed by atoms with Crippen molar-refractivity contribution in [3.63, 3.8) is 0 Å². The lowest BCUT2D eigenvalue weighted by molar-refractivity contribution is -0.136. The Morgan fingerprint density at radius 3 is 2.43 bits per heavy atom. The molecular weight excluding hydrogens is 313 g/mol. The molecule has 0 saturated heterocycles. The topological polar surface area (TPSA) is 49.8 Å². The van der Waals surface area contributed by atoms with Crippen molar-refractivity contribution in [1.29, 1.82) is 0 Å². The van der Waals surface area contributed by atoms with Crippen molar-refractivity contribution in [1.82, 2.24) is 0 Å². The minimum Gasteiger partial charge on any atom is -0.481 e. The van der Waals surface area contributed by atoms with Gasteiger partial charge in [0.2, 0.25) is 0 Å². The van der Waals surface area contributed by atoms with E-state index >= 15 is 0 Å². The molecule has 0 unspecified atom stereocenters. The van der Waals surface area contributed by atoms with Gasteiger partial charge in [0, 0.05) is 6.07 Å². The second-order valence-corrected chi connectivity index (χ2v) is 5.06. The molecule has 0 bridgehead atoms. The molecule has 0 amide bonds. The zero-order chi connectivity index (χ0) is 15.2. The number of carbonyl (C=O) groups is 1. The lowest BCUT2D eigenvalue weighted by atomic mass is 10.3. The molecule has 0 radical (unpaired) electrons. The first-order chi connectivity index (χ1) is 10.1. The summed E-state index contributed by atoms with van der Waals surface area (Å²) in [7, 11) is 0. The Hall–Kier alpha value is -1.91. The van der Waals surface area contributed by atoms with Crippen LogP contribution in [0, 0.1) is 0 Å². The van der Waals surface area contributed by atoms with E-state index in [4.69, 9.17) is 33.1 Å². The largest absolute Gasteiger partial charge is 0.481 e. The van der Waals surface area contributed by atoms with Crippen molar-refractivity contribution in [2.75, 3.05) is 11.6 Å². The summed E-state index contributed by atoms with van der Waals surface area (Å²) in [5, 5.41) is 11.1. The lowest BCUT2D eigenvalue weighted by Crippen LogP contribution is -2.29. The maximum atomic E-state index is 10.8. The van der Waals surface area contributed by atoms with Crippen LogP contribution >= 0.6 is 23.2 Å². The van der Waals surface area contributed by atoms with Crippen LogP contribution in [0.1, 0.15) is 6.42 Å². The minimum atomic E-state index is -0.895. The maximum Gasteiger partial charge on any atom is 0.305 e. The van der Waals surface area contributed by atoms with E-state index < -0.39 is 5.97 Å². The van der Waals surface area contributed by atoms with Gasteiger partial charge < -0.3 is 9.94 Å². The van der Waals surface area contributed by atoms with Crippen LogP contribution in [0.15, 0.2) is 48.5 Å². The molecule has 110 valence electrons. The molecule has 6 heteroatoms. The highest BCUT2D eigenvalue weighted by molar-refractivity contribution is 6.42. The number of nitrogens with zero attached hydrogens (tertiary/aromatic N) is 1. The minimum absolute atomic E-state index is 0.0454. The molecule has 0 aromatic heterocycles. The molecule has 0 aliphatic carbocycles. The first-order valence-corrected chi connectivity index (χ1v) is 6.99. The van der Waals surface area contributed by atoms with Crippen molar-refractivity contribution in [2.24, 2.45) is 0 Å². The standard InChI is InChI=1S/C15H13Cl2NO3/c16-13-7-6-12(10-14(13)17)21-18(9-8-15(19)20)11-4-2-1-3-5-11/h1-7,10H,8-9H2,(H,19,20). The molecule has 2 aromatic carbocycles. The Labute approximate surface area is 132 Å². The number of anilines is 1. The van der Waals surface area contributed by atoms with Crippen LogP contribution in [0.4, 0.5) is 5.69 Å². The fourth-order valence-electron chi connectivity index (χ4n) is 1.68. The molecule has 0 aliphatic heterocycles. The Kier molecular flexibility index (Phi) is 5.31. The number of carboxylic acids is 1. The fraction of sp³-hybridized carbons (Fsp3) is 0.133. The molecule has 0 fully saturated rings. The molecule has 0 atom stereocenters. The van der Waals surface area contributed by atoms with Crippen LogP contribution in [0.3, 0.4) is 0 Å². The Morgan fingerprint density at radius 1 is 1.10 bits per heavy atom. The van der Waals surface area contributed by atoms with E-state index in [9.17, 15) is 4.79 Å². The zero-order valence-corrected chi connectivity index (χ0v) is 12.5. The molecular formula is C15H13Cl2NO3. The first-order valence-electron chi connectivity index (χ1n) is 6.23. The number of halogens is 2. The second-order valence-electron chi connectivity index (χ2n) is 4.25. The molecule has 21 heavy (non-hydrogen) atoms. The summed E-state index contributed by atoms with van der Waals surface area (Å²) in [6.45, 7) is 0.208. The van der Waals surface area contributed by atoms with Crippen molar-refractivity contribution in [3.05, 3.63) is 58.6 Å². The Balaban J connectivity index is 2.18. The molecule has 1 N–H and O–H groups in total. The maximum absolute atomic E-state index is 10.8. The van der Waals surface area contributed by atoms with E-state index in [2.05, 4.69) is 0 Å². The van der Waals surface area contributed by atoms with E-state index in [1.54, 1.807) is 18.2 Å². The van der Waals surface area contributed by atoms with Gasteiger partial charge in [0.1, 0.15) is 0 Å². The normalized spacial score (nSPS) is 10.2. The van der Waals surface area contributed by atoms with Gasteiger partial charge in [0.15, 0.2) is 5.75 Å². The van der Waals surface area contributed by atoms with E-state index in [-0.39, 0.29) is 13.0 Å². The smallest absolute Gasteiger partial charge is 0.305 e. The van der Waals surface area contributed by atoms with Crippen LogP contribution in [0.2, 0.25) is 10.0 Å². The average molecular weight is 326 g/mol. The van der Waals surface area contributed by atoms with Crippen LogP contribution < -0.4 is 9.90 Å². The van der Waals surface area contributed by atoms with Gasteiger partial charge in [0.05, 0.1) is 28.7 Å². The van der Waals surface area contributed by atoms with Gasteiger partial charge >= 0.3 is 5.97 Å². The van der Waals surface area contributed by atoms with Crippen LogP contribution in [0.5, 0.6) is 5.75 Å². The van der Waals surface area contributed by atoms with E-state index in [1.807, 2.05) is 30.3 Å². The van der Waals surface area contributed by atoms with Crippen molar-refractivity contribution >= 4 is 34.9 Å². The quantitative estimate of drug-likeness (QED) is 0.806. The summed E-state index contributed by atoms with van der Waals surface area (Å²) in [4.78, 5) is 16.5. The van der Waals surface area contributed by atoms with Crippen LogP contribution in [0.25, 0.3) is 0 Å². The lowest BCUT2D eigenvalue weighted by Gasteiger charge is -2.24. The summed E-state index contributed by atoms with van der Waals surface area (Å²) in [5.41, 5.74) is 0.754. The third-order valence-corrected chi connectivity index (χ3v) is 3.42. The second kappa shape index (κ2) is 7.20. The monoisotopic (exact) mass is 325 g/mol. The number of benzene rings is 2. The first kappa shape index (κ1) is 15.5. The van der Waals surface area contributed by atoms with E-state index in [0.717, 1.165) is 5.69 Å². The summed E-state index contributed by atoms with van der Waals surface area (Å²) in [5.74, 6) is -0.410. The molecule has 2 rings (SSSR count). The summed E-state index contributed by atoms with van der Waals surface area (Å²) in [6.07, 6.45) is -0.0454. The molecule has 4 nitrogen and oxygen atoms in total. The molecule has 0 saturated carbocycles. The summed E-state index contributed by atoms with van der Waals surface area (Å²) < 4.78 is 0. The van der Waals surface area contributed by atoms with Gasteiger partial charge in [-0.05, 0) is 24.3 Å². The van der Waals surface area contributed by atoms with Crippen molar-refractivity contribution < 1.29 is 14.7 Å². The van der Waals surface area contributed by atoms with Crippen molar-refractivity contribution in [3.8, 4) is 5.75 Å². The zero-order valence-electron chi connectivity index (χ0n) is 11.0. The Morgan fingerprint density at radius 2 is 1.81 bits per heavy atom. The molecule has 0 heterocycles. The highest BCUT2D eigenvalue weighted by Gasteiger charge is 2.11. The number of carboxylic acid groups (broad SMARTS) is 1. The van der Waals surface area contributed by atoms with Gasteiger partial charge in [-0.2, -0.15) is 0 Å². The van der Waals surface area contributed by atoms with Gasteiger partial charge in [-0.3, -0.25) is 4.79 Å². The van der Waals surface area contributed by atoms with Gasteiger partial charge in [-0.25, -0.2) is 5.06 Å². The highest BCUT2D eigenvalue weighted by atomic mass is 35.5. The molecule has 0 spiro atoms. The van der Waals surface area contributed by atoms with Crippen molar-refractivity contribution in [2.45, 2.75) is 6.42 Å². The number of aliphatic carboxylic acids is 1. The summed E-state index contributed by atoms with van der Waals surface area (Å²) >= 11 is 11.8. The highest BCUT2D eigenvalue weighted by Crippen LogP contribution is 2.27. The number of para-hydroxylation sites is 1. The van der Waals surface area contributed by atoms with Crippen LogP contribution in [-0.4, -0.2) is 17.6 Å². The Bertz CT molecular complexity index is 620. The molecule has 0 aliphatic rings. The summed E-state index contributed by atoms with van der Waals surface area (Å²) in [6, 6.07) is 14.1. The average Bonchev–Trinajstić information content (AvgIpc) is 2.48. The third-order valence-electron chi connectivity index (χ3n) is 2.68. The molecule has 2 aromatic rings. The number of hydrogen-bond donors (Lipinski definition) is 1. The third kappa shape index (κ3) is 4.55. The number of rotatable bonds is 6. The predicted octanol–water partition coefficient (Wildman–Crippen LogP) is 4.27. The van der Waals surface area contributed by atoms with Gasteiger partial charge in [-0.15, -0.1) is 0 Å². The van der Waals surface area contributed by atoms with Gasteiger partial charge in [-0.1, -0.05) is 41.4 Å². The predicted molar refractivity (Wildman–Crippen MR) is 83.1 cm³/mol. The van der Waals surface area contributed by atoms with Crippen LogP contribution in [-0.2, 0) is 4.79 Å². The number of hydrogen-bond acceptors (Lipinski definition) is 3. The fourth-order valence-corrected chi connectivity index (χ4v) is 1.97. The van der Waals surface area contributed by atoms with Gasteiger partial charge in [0.25, 0.3) is 0 Å². The SMILES string of the molecule is O=C(O)CCN(Oc1ccc(Cl)c(Cl)c1)c1ccccc1. The number of hydroxylamine groups is 1.